The average Bonchev–Trinajstić information content (AvgIpc) is 1.81. The van der Waals surface area contributed by atoms with Crippen LogP contribution in [0.15, 0.2) is 12.2 Å². The van der Waals surface area contributed by atoms with Gasteiger partial charge in [-0.1, -0.05) is 39.8 Å². The molecular formula is C11H22. The predicted molar refractivity (Wildman–Crippen MR) is 52.6 cm³/mol. The van der Waals surface area contributed by atoms with E-state index in [0.29, 0.717) is 0 Å². The minimum absolute atomic E-state index is 0.718. The zero-order valence-corrected chi connectivity index (χ0v) is 8.65. The summed E-state index contributed by atoms with van der Waals surface area (Å²) >= 11 is 0. The number of allylic oxidation sites excluding steroid dienone is 1. The lowest BCUT2D eigenvalue weighted by atomic mass is 9.83. The Morgan fingerprint density at radius 2 is 1.64 bits per heavy atom. The number of hydrogen-bond acceptors (Lipinski definition) is 0. The molecule has 0 aromatic rings. The molecule has 0 aliphatic heterocycles. The lowest BCUT2D eigenvalue weighted by Gasteiger charge is -2.22. The van der Waals surface area contributed by atoms with Crippen LogP contribution in [0.4, 0.5) is 0 Å². The van der Waals surface area contributed by atoms with E-state index in [9.17, 15) is 0 Å². The molecule has 0 saturated heterocycles. The Hall–Kier alpha value is -0.260. The second-order valence-electron chi connectivity index (χ2n) is 4.33. The summed E-state index contributed by atoms with van der Waals surface area (Å²) in [6, 6.07) is 0. The first-order valence-electron chi connectivity index (χ1n) is 4.60. The molecule has 0 spiro atoms. The Balaban J connectivity index is 4.01. The highest BCUT2D eigenvalue weighted by Gasteiger charge is 2.14. The Morgan fingerprint density at radius 1 is 1.18 bits per heavy atom. The predicted octanol–water partition coefficient (Wildman–Crippen LogP) is 3.88. The van der Waals surface area contributed by atoms with E-state index < -0.39 is 0 Å². The van der Waals surface area contributed by atoms with E-state index in [0.717, 1.165) is 17.8 Å². The fraction of sp³-hybridized carbons (Fsp3) is 0.818. The first kappa shape index (κ1) is 10.7. The van der Waals surface area contributed by atoms with Crippen molar-refractivity contribution in [2.75, 3.05) is 0 Å². The maximum absolute atomic E-state index is 4.03. The molecule has 0 heterocycles. The van der Waals surface area contributed by atoms with Crippen molar-refractivity contribution < 1.29 is 0 Å². The molecule has 0 aromatic carbocycles. The average molecular weight is 154 g/mol. The molecule has 0 aromatic heterocycles. The van der Waals surface area contributed by atoms with Crippen LogP contribution >= 0.6 is 0 Å². The third-order valence-electron chi connectivity index (χ3n) is 2.16. The second-order valence-corrected chi connectivity index (χ2v) is 4.33. The quantitative estimate of drug-likeness (QED) is 0.539. The Bertz CT molecular complexity index is 120. The molecule has 0 saturated carbocycles. The van der Waals surface area contributed by atoms with Crippen molar-refractivity contribution in [2.24, 2.45) is 17.8 Å². The molecule has 0 nitrogen and oxygen atoms in total. The highest BCUT2D eigenvalue weighted by Crippen LogP contribution is 2.25. The molecule has 11 heavy (non-hydrogen) atoms. The first-order chi connectivity index (χ1) is 4.95. The van der Waals surface area contributed by atoms with Gasteiger partial charge in [0, 0.05) is 0 Å². The summed E-state index contributed by atoms with van der Waals surface area (Å²) in [6.45, 7) is 15.3. The van der Waals surface area contributed by atoms with Crippen LogP contribution in [-0.4, -0.2) is 0 Å². The number of rotatable bonds is 4. The zero-order valence-electron chi connectivity index (χ0n) is 8.65. The lowest BCUT2D eigenvalue weighted by Crippen LogP contribution is -2.12. The van der Waals surface area contributed by atoms with Gasteiger partial charge in [-0.25, -0.2) is 0 Å². The van der Waals surface area contributed by atoms with Crippen LogP contribution in [-0.2, 0) is 0 Å². The minimum atomic E-state index is 0.718. The molecule has 1 unspecified atom stereocenters. The van der Waals surface area contributed by atoms with Crippen LogP contribution in [0.25, 0.3) is 0 Å². The van der Waals surface area contributed by atoms with Crippen LogP contribution in [0.2, 0.25) is 0 Å². The molecular weight excluding hydrogens is 132 g/mol. The zero-order chi connectivity index (χ0) is 9.02. The largest absolute Gasteiger partial charge is 0.0999 e. The molecule has 66 valence electrons. The van der Waals surface area contributed by atoms with Gasteiger partial charge in [-0.05, 0) is 31.1 Å². The summed E-state index contributed by atoms with van der Waals surface area (Å²) in [7, 11) is 0. The van der Waals surface area contributed by atoms with Crippen LogP contribution in [0.3, 0.4) is 0 Å². The third-order valence-corrected chi connectivity index (χ3v) is 2.16. The molecule has 0 aliphatic carbocycles. The van der Waals surface area contributed by atoms with Crippen molar-refractivity contribution in [3.63, 3.8) is 0 Å². The molecule has 0 amide bonds. The molecule has 0 aliphatic rings. The van der Waals surface area contributed by atoms with Gasteiger partial charge in [0.25, 0.3) is 0 Å². The van der Waals surface area contributed by atoms with Crippen molar-refractivity contribution >= 4 is 0 Å². The Morgan fingerprint density at radius 3 is 1.73 bits per heavy atom. The summed E-state index contributed by atoms with van der Waals surface area (Å²) in [5, 5.41) is 0. The summed E-state index contributed by atoms with van der Waals surface area (Å²) in [4.78, 5) is 0. The Labute approximate surface area is 71.7 Å². The van der Waals surface area contributed by atoms with E-state index in [-0.39, 0.29) is 0 Å². The normalized spacial score (nSPS) is 14.1. The highest BCUT2D eigenvalue weighted by atomic mass is 14.2. The first-order valence-corrected chi connectivity index (χ1v) is 4.60. The number of hydrogen-bond donors (Lipinski definition) is 0. The lowest BCUT2D eigenvalue weighted by molar-refractivity contribution is 0.364. The van der Waals surface area contributed by atoms with Gasteiger partial charge in [-0.3, -0.25) is 0 Å². The summed E-state index contributed by atoms with van der Waals surface area (Å²) in [5.74, 6) is 2.25. The molecule has 1 atom stereocenters. The fourth-order valence-electron chi connectivity index (χ4n) is 1.55. The van der Waals surface area contributed by atoms with Gasteiger partial charge in [-0.2, -0.15) is 0 Å². The van der Waals surface area contributed by atoms with Crippen LogP contribution in [0, 0.1) is 17.8 Å². The maximum atomic E-state index is 4.03. The van der Waals surface area contributed by atoms with Crippen molar-refractivity contribution in [2.45, 2.75) is 41.0 Å². The molecule has 0 N–H and O–H groups in total. The van der Waals surface area contributed by atoms with Crippen molar-refractivity contribution in [3.8, 4) is 0 Å². The fourth-order valence-corrected chi connectivity index (χ4v) is 1.55. The van der Waals surface area contributed by atoms with Crippen LogP contribution in [0.1, 0.15) is 41.0 Å². The van der Waals surface area contributed by atoms with Gasteiger partial charge in [0.2, 0.25) is 0 Å². The van der Waals surface area contributed by atoms with Gasteiger partial charge in [0.05, 0.1) is 0 Å². The van der Waals surface area contributed by atoms with Crippen molar-refractivity contribution in [1.29, 1.82) is 0 Å². The van der Waals surface area contributed by atoms with Crippen LogP contribution < -0.4 is 0 Å². The highest BCUT2D eigenvalue weighted by molar-refractivity contribution is 4.97. The molecule has 0 bridgehead atoms. The summed E-state index contributed by atoms with van der Waals surface area (Å²) in [5.41, 5.74) is 1.34. The van der Waals surface area contributed by atoms with E-state index in [4.69, 9.17) is 0 Å². The Kier molecular flexibility index (Phi) is 4.48. The molecule has 0 radical (unpaired) electrons. The monoisotopic (exact) mass is 154 g/mol. The van der Waals surface area contributed by atoms with E-state index in [1.165, 1.54) is 12.0 Å². The second kappa shape index (κ2) is 4.58. The topological polar surface area (TPSA) is 0 Å². The SMILES string of the molecule is C=C(C)C(CC(C)C)C(C)C. The molecule has 0 rings (SSSR count). The summed E-state index contributed by atoms with van der Waals surface area (Å²) < 4.78 is 0. The van der Waals surface area contributed by atoms with E-state index in [1.807, 2.05) is 0 Å². The van der Waals surface area contributed by atoms with Gasteiger partial charge < -0.3 is 0 Å². The van der Waals surface area contributed by atoms with Crippen molar-refractivity contribution in [1.82, 2.24) is 0 Å². The van der Waals surface area contributed by atoms with Crippen LogP contribution in [0.5, 0.6) is 0 Å². The molecule has 0 heteroatoms. The van der Waals surface area contributed by atoms with Gasteiger partial charge in [0.1, 0.15) is 0 Å². The maximum Gasteiger partial charge on any atom is -0.0183 e. The van der Waals surface area contributed by atoms with E-state index >= 15 is 0 Å². The van der Waals surface area contributed by atoms with Crippen molar-refractivity contribution in [3.05, 3.63) is 12.2 Å². The van der Waals surface area contributed by atoms with Gasteiger partial charge in [-0.15, -0.1) is 0 Å². The van der Waals surface area contributed by atoms with E-state index in [1.54, 1.807) is 0 Å². The summed E-state index contributed by atoms with van der Waals surface area (Å²) in [6.07, 6.45) is 1.28. The van der Waals surface area contributed by atoms with E-state index in [2.05, 4.69) is 41.2 Å². The van der Waals surface area contributed by atoms with Gasteiger partial charge in [0.15, 0.2) is 0 Å². The minimum Gasteiger partial charge on any atom is -0.0999 e. The smallest absolute Gasteiger partial charge is 0.0183 e. The molecule has 0 fully saturated rings. The van der Waals surface area contributed by atoms with Gasteiger partial charge >= 0.3 is 0 Å². The third kappa shape index (κ3) is 4.23. The standard InChI is InChI=1S/C11H22/c1-8(2)7-11(9(3)4)10(5)6/h8,10-11H,3,7H2,1-2,4-6H3.